The van der Waals surface area contributed by atoms with Crippen LogP contribution >= 0.6 is 0 Å². The third-order valence-electron chi connectivity index (χ3n) is 3.67. The van der Waals surface area contributed by atoms with E-state index in [1.807, 2.05) is 0 Å². The van der Waals surface area contributed by atoms with Crippen LogP contribution in [0.3, 0.4) is 0 Å². The highest BCUT2D eigenvalue weighted by Gasteiger charge is 2.18. The zero-order valence-electron chi connectivity index (χ0n) is 11.4. The Morgan fingerprint density at radius 3 is 2.84 bits per heavy atom. The number of benzene rings is 1. The van der Waals surface area contributed by atoms with E-state index >= 15 is 0 Å². The molecule has 1 atom stereocenters. The highest BCUT2D eigenvalue weighted by molar-refractivity contribution is 5.21. The Bertz CT molecular complexity index is 367. The molecule has 2 rings (SSSR count). The number of likely N-dealkylation sites (tertiary alicyclic amines) is 1. The van der Waals surface area contributed by atoms with Gasteiger partial charge in [0.25, 0.3) is 0 Å². The van der Waals surface area contributed by atoms with Crippen molar-refractivity contribution in [3.8, 4) is 5.75 Å². The van der Waals surface area contributed by atoms with Gasteiger partial charge in [0.05, 0.1) is 0 Å². The van der Waals surface area contributed by atoms with Crippen molar-refractivity contribution in [2.75, 3.05) is 32.8 Å². The maximum Gasteiger partial charge on any atom is 0.123 e. The number of rotatable bonds is 6. The Morgan fingerprint density at radius 1 is 1.32 bits per heavy atom. The van der Waals surface area contributed by atoms with Gasteiger partial charge in [-0.25, -0.2) is 4.39 Å². The molecular formula is C15H23FN2O. The molecule has 2 N–H and O–H groups in total. The van der Waals surface area contributed by atoms with Crippen LogP contribution in [0.2, 0.25) is 0 Å². The number of ether oxygens (including phenoxy) is 1. The number of nitrogens with zero attached hydrogens (tertiary/aromatic N) is 1. The van der Waals surface area contributed by atoms with Gasteiger partial charge < -0.3 is 10.5 Å². The molecule has 1 aromatic carbocycles. The molecule has 1 aromatic rings. The minimum Gasteiger partial charge on any atom is -0.492 e. The Kier molecular flexibility index (Phi) is 5.61. The van der Waals surface area contributed by atoms with E-state index in [0.717, 1.165) is 44.3 Å². The molecule has 1 heterocycles. The topological polar surface area (TPSA) is 38.5 Å². The van der Waals surface area contributed by atoms with Crippen molar-refractivity contribution in [1.82, 2.24) is 4.90 Å². The summed E-state index contributed by atoms with van der Waals surface area (Å²) in [5.41, 5.74) is 5.62. The van der Waals surface area contributed by atoms with Crippen molar-refractivity contribution in [1.29, 1.82) is 0 Å². The Labute approximate surface area is 114 Å². The summed E-state index contributed by atoms with van der Waals surface area (Å²) in [6.07, 6.45) is 3.67. The van der Waals surface area contributed by atoms with Crippen LogP contribution in [-0.4, -0.2) is 37.7 Å². The van der Waals surface area contributed by atoms with Crippen molar-refractivity contribution < 1.29 is 9.13 Å². The van der Waals surface area contributed by atoms with E-state index < -0.39 is 0 Å². The smallest absolute Gasteiger partial charge is 0.123 e. The normalized spacial score (nSPS) is 20.4. The Hall–Kier alpha value is -1.13. The van der Waals surface area contributed by atoms with Crippen molar-refractivity contribution in [2.45, 2.75) is 19.3 Å². The molecule has 1 fully saturated rings. The fourth-order valence-corrected chi connectivity index (χ4v) is 2.65. The molecule has 1 saturated heterocycles. The molecule has 1 unspecified atom stereocenters. The SMILES string of the molecule is NCCC1CCCN(CCOc2ccc(F)cc2)C1. The van der Waals surface area contributed by atoms with Crippen LogP contribution < -0.4 is 10.5 Å². The zero-order valence-corrected chi connectivity index (χ0v) is 11.4. The van der Waals surface area contributed by atoms with Crippen molar-refractivity contribution in [3.05, 3.63) is 30.1 Å². The molecule has 0 aromatic heterocycles. The van der Waals surface area contributed by atoms with Gasteiger partial charge >= 0.3 is 0 Å². The van der Waals surface area contributed by atoms with Crippen LogP contribution in [0.25, 0.3) is 0 Å². The van der Waals surface area contributed by atoms with Crippen LogP contribution in [0.15, 0.2) is 24.3 Å². The average Bonchev–Trinajstić information content (AvgIpc) is 2.42. The van der Waals surface area contributed by atoms with Crippen LogP contribution in [0.1, 0.15) is 19.3 Å². The van der Waals surface area contributed by atoms with Crippen molar-refractivity contribution in [2.24, 2.45) is 11.7 Å². The lowest BCUT2D eigenvalue weighted by molar-refractivity contribution is 0.144. The highest BCUT2D eigenvalue weighted by atomic mass is 19.1. The van der Waals surface area contributed by atoms with Gasteiger partial charge in [-0.15, -0.1) is 0 Å². The lowest BCUT2D eigenvalue weighted by atomic mass is 9.95. The van der Waals surface area contributed by atoms with Crippen LogP contribution in [0.4, 0.5) is 4.39 Å². The van der Waals surface area contributed by atoms with E-state index in [9.17, 15) is 4.39 Å². The van der Waals surface area contributed by atoms with E-state index in [-0.39, 0.29) is 5.82 Å². The van der Waals surface area contributed by atoms with E-state index in [0.29, 0.717) is 6.61 Å². The summed E-state index contributed by atoms with van der Waals surface area (Å²) in [4.78, 5) is 2.44. The quantitative estimate of drug-likeness (QED) is 0.858. The number of nitrogens with two attached hydrogens (primary N) is 1. The summed E-state index contributed by atoms with van der Waals surface area (Å²) >= 11 is 0. The Morgan fingerprint density at radius 2 is 2.11 bits per heavy atom. The summed E-state index contributed by atoms with van der Waals surface area (Å²) < 4.78 is 18.4. The second kappa shape index (κ2) is 7.46. The monoisotopic (exact) mass is 266 g/mol. The largest absolute Gasteiger partial charge is 0.492 e. The maximum atomic E-state index is 12.7. The molecule has 0 bridgehead atoms. The first-order chi connectivity index (χ1) is 9.28. The van der Waals surface area contributed by atoms with Gasteiger partial charge in [-0.3, -0.25) is 4.90 Å². The first kappa shape index (κ1) is 14.3. The van der Waals surface area contributed by atoms with Crippen molar-refractivity contribution >= 4 is 0 Å². The predicted molar refractivity (Wildman–Crippen MR) is 74.7 cm³/mol. The zero-order chi connectivity index (χ0) is 13.5. The van der Waals surface area contributed by atoms with Crippen LogP contribution in [0, 0.1) is 11.7 Å². The van der Waals surface area contributed by atoms with Crippen LogP contribution in [0.5, 0.6) is 5.75 Å². The summed E-state index contributed by atoms with van der Waals surface area (Å²) in [5, 5.41) is 0. The summed E-state index contributed by atoms with van der Waals surface area (Å²) in [6.45, 7) is 4.64. The van der Waals surface area contributed by atoms with Gasteiger partial charge in [0.2, 0.25) is 0 Å². The second-order valence-electron chi connectivity index (χ2n) is 5.19. The molecule has 0 radical (unpaired) electrons. The number of hydrogen-bond acceptors (Lipinski definition) is 3. The lowest BCUT2D eigenvalue weighted by Gasteiger charge is -2.32. The minimum absolute atomic E-state index is 0.229. The third-order valence-corrected chi connectivity index (χ3v) is 3.67. The van der Waals surface area contributed by atoms with E-state index in [2.05, 4.69) is 4.90 Å². The molecular weight excluding hydrogens is 243 g/mol. The average molecular weight is 266 g/mol. The fourth-order valence-electron chi connectivity index (χ4n) is 2.65. The summed E-state index contributed by atoms with van der Waals surface area (Å²) in [7, 11) is 0. The second-order valence-corrected chi connectivity index (χ2v) is 5.19. The standard InChI is InChI=1S/C15H23FN2O/c16-14-3-5-15(6-4-14)19-11-10-18-9-1-2-13(12-18)7-8-17/h3-6,13H,1-2,7-12,17H2. The van der Waals surface area contributed by atoms with Gasteiger partial charge in [0, 0.05) is 13.1 Å². The third kappa shape index (κ3) is 4.80. The predicted octanol–water partition coefficient (Wildman–Crippen LogP) is 2.27. The molecule has 0 saturated carbocycles. The lowest BCUT2D eigenvalue weighted by Crippen LogP contribution is -2.38. The molecule has 1 aliphatic rings. The molecule has 1 aliphatic heterocycles. The van der Waals surface area contributed by atoms with E-state index in [1.165, 1.54) is 25.0 Å². The molecule has 19 heavy (non-hydrogen) atoms. The molecule has 0 amide bonds. The number of hydrogen-bond donors (Lipinski definition) is 1. The first-order valence-electron chi connectivity index (χ1n) is 7.08. The van der Waals surface area contributed by atoms with E-state index in [1.54, 1.807) is 12.1 Å². The van der Waals surface area contributed by atoms with Gasteiger partial charge in [-0.05, 0) is 62.5 Å². The number of piperidine rings is 1. The van der Waals surface area contributed by atoms with Gasteiger partial charge in [-0.1, -0.05) is 0 Å². The highest BCUT2D eigenvalue weighted by Crippen LogP contribution is 2.19. The fraction of sp³-hybridized carbons (Fsp3) is 0.600. The molecule has 4 heteroatoms. The van der Waals surface area contributed by atoms with Gasteiger partial charge in [0.1, 0.15) is 18.2 Å². The summed E-state index contributed by atoms with van der Waals surface area (Å²) in [5.74, 6) is 1.24. The first-order valence-corrected chi connectivity index (χ1v) is 7.08. The molecule has 0 aliphatic carbocycles. The van der Waals surface area contributed by atoms with Gasteiger partial charge in [0.15, 0.2) is 0 Å². The molecule has 0 spiro atoms. The van der Waals surface area contributed by atoms with Crippen molar-refractivity contribution in [3.63, 3.8) is 0 Å². The number of halogens is 1. The molecule has 3 nitrogen and oxygen atoms in total. The maximum absolute atomic E-state index is 12.7. The summed E-state index contributed by atoms with van der Waals surface area (Å²) in [6, 6.07) is 6.19. The van der Waals surface area contributed by atoms with Gasteiger partial charge in [-0.2, -0.15) is 0 Å². The van der Waals surface area contributed by atoms with E-state index in [4.69, 9.17) is 10.5 Å². The van der Waals surface area contributed by atoms with Crippen LogP contribution in [-0.2, 0) is 0 Å². The minimum atomic E-state index is -0.229. The Balaban J connectivity index is 1.69. The molecule has 106 valence electrons.